The zero-order valence-electron chi connectivity index (χ0n) is 13.6. The predicted octanol–water partition coefficient (Wildman–Crippen LogP) is 2.42. The van der Waals surface area contributed by atoms with E-state index in [9.17, 15) is 4.79 Å². The summed E-state index contributed by atoms with van der Waals surface area (Å²) in [5.41, 5.74) is 1.05. The van der Waals surface area contributed by atoms with Gasteiger partial charge in [-0.2, -0.15) is 0 Å². The maximum atomic E-state index is 11.0. The lowest BCUT2D eigenvalue weighted by atomic mass is 10.2. The number of hydrogen-bond donors (Lipinski definition) is 1. The summed E-state index contributed by atoms with van der Waals surface area (Å²) < 4.78 is 4.61. The molecule has 0 saturated carbocycles. The van der Waals surface area contributed by atoms with E-state index in [1.54, 1.807) is 18.4 Å². The Morgan fingerprint density at radius 3 is 2.77 bits per heavy atom. The summed E-state index contributed by atoms with van der Waals surface area (Å²) in [6.45, 7) is 3.51. The maximum Gasteiger partial charge on any atom is 0.305 e. The summed E-state index contributed by atoms with van der Waals surface area (Å²) in [5, 5.41) is 6.43. The highest BCUT2D eigenvalue weighted by atomic mass is 127. The molecule has 8 heteroatoms. The lowest BCUT2D eigenvalue weighted by Crippen LogP contribution is -2.39. The van der Waals surface area contributed by atoms with Crippen LogP contribution in [0, 0.1) is 6.92 Å². The highest BCUT2D eigenvalue weighted by molar-refractivity contribution is 14.0. The molecule has 0 aliphatic carbocycles. The average Bonchev–Trinajstić information content (AvgIpc) is 2.87. The van der Waals surface area contributed by atoms with E-state index in [2.05, 4.69) is 25.4 Å². The van der Waals surface area contributed by atoms with Gasteiger partial charge in [0.2, 0.25) is 0 Å². The van der Waals surface area contributed by atoms with Gasteiger partial charge in [0, 0.05) is 32.4 Å². The Hall–Kier alpha value is -0.900. The van der Waals surface area contributed by atoms with Crippen LogP contribution in [-0.2, 0) is 16.1 Å². The number of carbonyl (C=O) groups is 1. The molecule has 22 heavy (non-hydrogen) atoms. The van der Waals surface area contributed by atoms with E-state index in [1.807, 2.05) is 18.9 Å². The molecule has 1 aromatic heterocycles. The molecule has 126 valence electrons. The molecular formula is C14H25IN4O2S. The number of guanidine groups is 1. The van der Waals surface area contributed by atoms with Gasteiger partial charge >= 0.3 is 5.97 Å². The molecule has 0 amide bonds. The maximum absolute atomic E-state index is 11.0. The number of esters is 1. The van der Waals surface area contributed by atoms with Crippen molar-refractivity contribution in [3.8, 4) is 0 Å². The molecule has 0 aliphatic heterocycles. The number of ether oxygens (including phenoxy) is 1. The minimum absolute atomic E-state index is 0. The van der Waals surface area contributed by atoms with Gasteiger partial charge in [0.05, 0.1) is 24.4 Å². The van der Waals surface area contributed by atoms with Crippen LogP contribution in [0.2, 0.25) is 0 Å². The number of nitrogens with one attached hydrogen (secondary N) is 1. The van der Waals surface area contributed by atoms with Gasteiger partial charge in [-0.25, -0.2) is 4.98 Å². The van der Waals surface area contributed by atoms with E-state index in [0.29, 0.717) is 6.42 Å². The molecule has 0 bridgehead atoms. The number of unbranched alkanes of at least 4 members (excludes halogenated alkanes) is 1. The second-order valence-electron chi connectivity index (χ2n) is 4.72. The lowest BCUT2D eigenvalue weighted by molar-refractivity contribution is -0.140. The first kappa shape index (κ1) is 21.1. The van der Waals surface area contributed by atoms with Crippen molar-refractivity contribution < 1.29 is 9.53 Å². The van der Waals surface area contributed by atoms with Crippen LogP contribution in [0.4, 0.5) is 0 Å². The zero-order valence-corrected chi connectivity index (χ0v) is 16.7. The molecule has 0 spiro atoms. The number of carbonyl (C=O) groups excluding carboxylic acids is 1. The highest BCUT2D eigenvalue weighted by Gasteiger charge is 2.08. The average molecular weight is 440 g/mol. The van der Waals surface area contributed by atoms with Crippen LogP contribution >= 0.6 is 35.3 Å². The molecular weight excluding hydrogens is 415 g/mol. The normalized spacial score (nSPS) is 10.8. The van der Waals surface area contributed by atoms with Crippen molar-refractivity contribution in [1.82, 2.24) is 15.2 Å². The van der Waals surface area contributed by atoms with Gasteiger partial charge in [-0.3, -0.25) is 9.79 Å². The second-order valence-corrected chi connectivity index (χ2v) is 5.78. The molecule has 0 unspecified atom stereocenters. The SMILES string of the molecule is CN=C(NCCCCC(=O)OC)N(C)Cc1csc(C)n1.I. The number of aryl methyl sites for hydroxylation is 1. The van der Waals surface area contributed by atoms with Crippen molar-refractivity contribution in [1.29, 1.82) is 0 Å². The molecule has 0 radical (unpaired) electrons. The molecule has 0 atom stereocenters. The number of halogens is 1. The van der Waals surface area contributed by atoms with E-state index in [0.717, 1.165) is 42.6 Å². The van der Waals surface area contributed by atoms with Gasteiger partial charge in [0.1, 0.15) is 0 Å². The fraction of sp³-hybridized carbons (Fsp3) is 0.643. The summed E-state index contributed by atoms with van der Waals surface area (Å²) in [7, 11) is 5.16. The van der Waals surface area contributed by atoms with Crippen LogP contribution in [0.1, 0.15) is 30.0 Å². The van der Waals surface area contributed by atoms with Crippen molar-refractivity contribution in [3.05, 3.63) is 16.1 Å². The molecule has 1 rings (SSSR count). The van der Waals surface area contributed by atoms with Crippen molar-refractivity contribution >= 4 is 47.2 Å². The fourth-order valence-electron chi connectivity index (χ4n) is 1.88. The molecule has 0 fully saturated rings. The first-order valence-electron chi connectivity index (χ1n) is 6.96. The second kappa shape index (κ2) is 11.6. The molecule has 1 aromatic rings. The van der Waals surface area contributed by atoms with Gasteiger partial charge in [-0.15, -0.1) is 35.3 Å². The number of methoxy groups -OCH3 is 1. The van der Waals surface area contributed by atoms with Crippen molar-refractivity contribution in [2.24, 2.45) is 4.99 Å². The number of thiazole rings is 1. The van der Waals surface area contributed by atoms with Gasteiger partial charge in [0.15, 0.2) is 5.96 Å². The number of nitrogens with zero attached hydrogens (tertiary/aromatic N) is 3. The van der Waals surface area contributed by atoms with E-state index in [4.69, 9.17) is 0 Å². The van der Waals surface area contributed by atoms with E-state index < -0.39 is 0 Å². The van der Waals surface area contributed by atoms with Crippen molar-refractivity contribution in [2.75, 3.05) is 27.7 Å². The van der Waals surface area contributed by atoms with Gasteiger partial charge in [0.25, 0.3) is 0 Å². The smallest absolute Gasteiger partial charge is 0.305 e. The summed E-state index contributed by atoms with van der Waals surface area (Å²) in [6, 6.07) is 0. The van der Waals surface area contributed by atoms with Crippen LogP contribution in [-0.4, -0.2) is 49.6 Å². The number of rotatable bonds is 7. The Balaban J connectivity index is 0.00000441. The minimum atomic E-state index is -0.157. The molecule has 1 heterocycles. The Labute approximate surface area is 153 Å². The van der Waals surface area contributed by atoms with Crippen LogP contribution in [0.5, 0.6) is 0 Å². The molecule has 0 aliphatic rings. The Kier molecular flexibility index (Phi) is 11.2. The Morgan fingerprint density at radius 1 is 1.50 bits per heavy atom. The largest absolute Gasteiger partial charge is 0.469 e. The number of hydrogen-bond acceptors (Lipinski definition) is 5. The predicted molar refractivity (Wildman–Crippen MR) is 101 cm³/mol. The number of aromatic nitrogens is 1. The van der Waals surface area contributed by atoms with Gasteiger partial charge in [-0.05, 0) is 19.8 Å². The summed E-state index contributed by atoms with van der Waals surface area (Å²) >= 11 is 1.65. The zero-order chi connectivity index (χ0) is 15.7. The highest BCUT2D eigenvalue weighted by Crippen LogP contribution is 2.09. The minimum Gasteiger partial charge on any atom is -0.469 e. The summed E-state index contributed by atoms with van der Waals surface area (Å²) in [4.78, 5) is 21.7. The molecule has 1 N–H and O–H groups in total. The first-order valence-corrected chi connectivity index (χ1v) is 7.84. The molecule has 0 saturated heterocycles. The van der Waals surface area contributed by atoms with Crippen LogP contribution in [0.15, 0.2) is 10.4 Å². The quantitative estimate of drug-likeness (QED) is 0.232. The molecule has 6 nitrogen and oxygen atoms in total. The lowest BCUT2D eigenvalue weighted by Gasteiger charge is -2.21. The summed E-state index contributed by atoms with van der Waals surface area (Å²) in [6.07, 6.45) is 2.17. The standard InChI is InChI=1S/C14H24N4O2S.HI/c1-11-17-12(10-21-11)9-18(3)14(15-2)16-8-6-5-7-13(19)20-4;/h10H,5-9H2,1-4H3,(H,15,16);1H. The third-order valence-corrected chi connectivity index (χ3v) is 3.78. The third-order valence-electron chi connectivity index (χ3n) is 2.96. The topological polar surface area (TPSA) is 66.8 Å². The van der Waals surface area contributed by atoms with Gasteiger partial charge < -0.3 is 15.0 Å². The van der Waals surface area contributed by atoms with E-state index in [-0.39, 0.29) is 29.9 Å². The first-order chi connectivity index (χ1) is 10.1. The van der Waals surface area contributed by atoms with Crippen LogP contribution in [0.25, 0.3) is 0 Å². The Morgan fingerprint density at radius 2 is 2.23 bits per heavy atom. The fourth-order valence-corrected chi connectivity index (χ4v) is 2.48. The van der Waals surface area contributed by atoms with E-state index >= 15 is 0 Å². The van der Waals surface area contributed by atoms with Crippen molar-refractivity contribution in [2.45, 2.75) is 32.7 Å². The van der Waals surface area contributed by atoms with Crippen LogP contribution < -0.4 is 5.32 Å². The van der Waals surface area contributed by atoms with Gasteiger partial charge in [-0.1, -0.05) is 0 Å². The van der Waals surface area contributed by atoms with E-state index in [1.165, 1.54) is 7.11 Å². The summed E-state index contributed by atoms with van der Waals surface area (Å²) in [5.74, 6) is 0.675. The number of aliphatic imine (C=N–C) groups is 1. The molecule has 0 aromatic carbocycles. The van der Waals surface area contributed by atoms with Crippen molar-refractivity contribution in [3.63, 3.8) is 0 Å². The third kappa shape index (κ3) is 7.92. The van der Waals surface area contributed by atoms with Crippen LogP contribution in [0.3, 0.4) is 0 Å². The monoisotopic (exact) mass is 440 g/mol. The Bertz CT molecular complexity index is 479.